The van der Waals surface area contributed by atoms with Gasteiger partial charge in [0, 0.05) is 6.04 Å². The molecule has 0 saturated heterocycles. The summed E-state index contributed by atoms with van der Waals surface area (Å²) in [7, 11) is 0. The van der Waals surface area contributed by atoms with Crippen molar-refractivity contribution < 1.29 is 9.59 Å². The Balaban J connectivity index is 2.43. The lowest BCUT2D eigenvalue weighted by Gasteiger charge is -2.19. The van der Waals surface area contributed by atoms with E-state index in [0.29, 0.717) is 11.6 Å². The third kappa shape index (κ3) is 2.81. The molecule has 2 amide bonds. The Morgan fingerprint density at radius 2 is 1.79 bits per heavy atom. The van der Waals surface area contributed by atoms with E-state index in [0.717, 1.165) is 12.8 Å². The first-order valence-electron chi connectivity index (χ1n) is 6.10. The number of nitrogens with two attached hydrogens (primary N) is 2. The maximum Gasteiger partial charge on any atom is 0.250 e. The predicted molar refractivity (Wildman–Crippen MR) is 74.3 cm³/mol. The number of primary amides is 2. The van der Waals surface area contributed by atoms with Gasteiger partial charge in [0.15, 0.2) is 0 Å². The molecule has 0 spiro atoms. The number of benzene rings is 1. The zero-order chi connectivity index (χ0) is 14.2. The first kappa shape index (κ1) is 13.7. The zero-order valence-electron chi connectivity index (χ0n) is 10.6. The van der Waals surface area contributed by atoms with Gasteiger partial charge in [0.25, 0.3) is 5.91 Å². The predicted octanol–water partition coefficient (Wildman–Crippen LogP) is 1.75. The molecule has 0 aromatic heterocycles. The normalized spacial score (nSPS) is 15.9. The van der Waals surface area contributed by atoms with Gasteiger partial charge in [-0.15, -0.1) is 0 Å². The van der Waals surface area contributed by atoms with Crippen LogP contribution < -0.4 is 16.8 Å². The number of carbonyl (C=O) groups excluding carboxylic acids is 2. The van der Waals surface area contributed by atoms with Crippen molar-refractivity contribution in [2.75, 3.05) is 5.32 Å². The molecule has 0 radical (unpaired) electrons. The van der Waals surface area contributed by atoms with E-state index < -0.39 is 11.8 Å². The van der Waals surface area contributed by atoms with Gasteiger partial charge >= 0.3 is 0 Å². The first-order chi connectivity index (χ1) is 8.91. The summed E-state index contributed by atoms with van der Waals surface area (Å²) in [6.07, 6.45) is 2.29. The van der Waals surface area contributed by atoms with E-state index in [1.165, 1.54) is 12.1 Å². The van der Waals surface area contributed by atoms with Gasteiger partial charge in [-0.25, -0.2) is 0 Å². The van der Waals surface area contributed by atoms with Crippen LogP contribution in [0.5, 0.6) is 0 Å². The fourth-order valence-corrected chi connectivity index (χ4v) is 2.37. The van der Waals surface area contributed by atoms with E-state index in [2.05, 4.69) is 5.32 Å². The van der Waals surface area contributed by atoms with Crippen molar-refractivity contribution >= 4 is 29.1 Å². The van der Waals surface area contributed by atoms with Crippen molar-refractivity contribution in [1.29, 1.82) is 0 Å². The van der Waals surface area contributed by atoms with Crippen LogP contribution in [-0.2, 0) is 0 Å². The Bertz CT molecular complexity index is 541. The minimum absolute atomic E-state index is 0.149. The van der Waals surface area contributed by atoms with Gasteiger partial charge in [0.2, 0.25) is 5.91 Å². The van der Waals surface area contributed by atoms with Crippen LogP contribution in [-0.4, -0.2) is 17.9 Å². The molecule has 1 unspecified atom stereocenters. The molecule has 102 valence electrons. The molecule has 2 rings (SSSR count). The number of anilines is 1. The number of carbonyl (C=O) groups is 2. The summed E-state index contributed by atoms with van der Waals surface area (Å²) in [5, 5.41) is 3.33. The van der Waals surface area contributed by atoms with Gasteiger partial charge in [0.05, 0.1) is 21.8 Å². The van der Waals surface area contributed by atoms with E-state index in [1.807, 2.05) is 6.92 Å². The topological polar surface area (TPSA) is 98.2 Å². The summed E-state index contributed by atoms with van der Waals surface area (Å²) in [4.78, 5) is 22.7. The number of hydrogen-bond acceptors (Lipinski definition) is 3. The Labute approximate surface area is 116 Å². The summed E-state index contributed by atoms with van der Waals surface area (Å²) >= 11 is 6.15. The summed E-state index contributed by atoms with van der Waals surface area (Å²) in [6.45, 7) is 2.01. The van der Waals surface area contributed by atoms with Crippen molar-refractivity contribution in [3.05, 3.63) is 28.3 Å². The lowest BCUT2D eigenvalue weighted by atomic mass is 10.1. The Morgan fingerprint density at radius 3 is 2.26 bits per heavy atom. The van der Waals surface area contributed by atoms with Crippen LogP contribution in [0.3, 0.4) is 0 Å². The lowest BCUT2D eigenvalue weighted by Crippen LogP contribution is -2.23. The highest BCUT2D eigenvalue weighted by molar-refractivity contribution is 6.37. The number of hydrogen-bond donors (Lipinski definition) is 3. The Hall–Kier alpha value is -1.75. The van der Waals surface area contributed by atoms with Crippen molar-refractivity contribution in [2.45, 2.75) is 25.8 Å². The molecule has 5 nitrogen and oxygen atoms in total. The number of amides is 2. The fraction of sp³-hybridized carbons (Fsp3) is 0.385. The van der Waals surface area contributed by atoms with Crippen molar-refractivity contribution in [3.8, 4) is 0 Å². The Morgan fingerprint density at radius 1 is 1.26 bits per heavy atom. The molecule has 0 heterocycles. The molecule has 1 aliphatic rings. The highest BCUT2D eigenvalue weighted by Crippen LogP contribution is 2.37. The molecule has 5 N–H and O–H groups in total. The molecule has 0 aliphatic heterocycles. The van der Waals surface area contributed by atoms with Crippen LogP contribution in [0.25, 0.3) is 0 Å². The zero-order valence-corrected chi connectivity index (χ0v) is 11.3. The Kier molecular flexibility index (Phi) is 3.66. The van der Waals surface area contributed by atoms with Gasteiger partial charge in [-0.2, -0.15) is 0 Å². The second kappa shape index (κ2) is 5.09. The van der Waals surface area contributed by atoms with Gasteiger partial charge < -0.3 is 16.8 Å². The van der Waals surface area contributed by atoms with Crippen molar-refractivity contribution in [3.63, 3.8) is 0 Å². The van der Waals surface area contributed by atoms with Crippen molar-refractivity contribution in [2.24, 2.45) is 17.4 Å². The molecule has 1 aromatic rings. The second-order valence-corrected chi connectivity index (χ2v) is 5.23. The van der Waals surface area contributed by atoms with Crippen LogP contribution in [0.4, 0.5) is 5.69 Å². The van der Waals surface area contributed by atoms with E-state index in [1.54, 1.807) is 0 Å². The molecular weight excluding hydrogens is 266 g/mol. The van der Waals surface area contributed by atoms with E-state index in [9.17, 15) is 9.59 Å². The first-order valence-corrected chi connectivity index (χ1v) is 6.48. The number of nitrogens with one attached hydrogen (secondary N) is 1. The van der Waals surface area contributed by atoms with E-state index in [-0.39, 0.29) is 22.2 Å². The molecule has 1 atom stereocenters. The van der Waals surface area contributed by atoms with Gasteiger partial charge in [-0.05, 0) is 37.8 Å². The van der Waals surface area contributed by atoms with Crippen LogP contribution in [0.15, 0.2) is 12.1 Å². The van der Waals surface area contributed by atoms with Gasteiger partial charge in [-0.1, -0.05) is 11.6 Å². The number of halogens is 1. The minimum atomic E-state index is -0.636. The summed E-state index contributed by atoms with van der Waals surface area (Å²) in [6, 6.07) is 3.05. The highest BCUT2D eigenvalue weighted by atomic mass is 35.5. The van der Waals surface area contributed by atoms with Crippen LogP contribution in [0.1, 0.15) is 40.5 Å². The van der Waals surface area contributed by atoms with Crippen molar-refractivity contribution in [1.82, 2.24) is 0 Å². The average Bonchev–Trinajstić information content (AvgIpc) is 3.14. The smallest absolute Gasteiger partial charge is 0.250 e. The molecule has 1 saturated carbocycles. The third-order valence-electron chi connectivity index (χ3n) is 3.37. The molecule has 1 fully saturated rings. The maximum atomic E-state index is 11.4. The third-order valence-corrected chi connectivity index (χ3v) is 3.77. The maximum absolute atomic E-state index is 11.4. The van der Waals surface area contributed by atoms with Gasteiger partial charge in [0.1, 0.15) is 0 Å². The van der Waals surface area contributed by atoms with Crippen LogP contribution in [0, 0.1) is 5.92 Å². The van der Waals surface area contributed by atoms with Crippen LogP contribution in [0.2, 0.25) is 5.02 Å². The molecule has 19 heavy (non-hydrogen) atoms. The molecule has 6 heteroatoms. The second-order valence-electron chi connectivity index (χ2n) is 4.85. The largest absolute Gasteiger partial charge is 0.380 e. The summed E-state index contributed by atoms with van der Waals surface area (Å²) in [5.74, 6) is -0.666. The number of rotatable bonds is 5. The average molecular weight is 282 g/mol. The van der Waals surface area contributed by atoms with Gasteiger partial charge in [-0.3, -0.25) is 9.59 Å². The SMILES string of the molecule is CC(Nc1c(C(N)=O)ccc(C(N)=O)c1Cl)C1CC1. The van der Waals surface area contributed by atoms with E-state index in [4.69, 9.17) is 23.1 Å². The van der Waals surface area contributed by atoms with E-state index >= 15 is 0 Å². The molecular formula is C13H16ClN3O2. The molecule has 1 aliphatic carbocycles. The monoisotopic (exact) mass is 281 g/mol. The highest BCUT2D eigenvalue weighted by Gasteiger charge is 2.29. The molecule has 1 aromatic carbocycles. The summed E-state index contributed by atoms with van der Waals surface area (Å²) < 4.78 is 0. The minimum Gasteiger partial charge on any atom is -0.380 e. The van der Waals surface area contributed by atoms with Crippen LogP contribution >= 0.6 is 11.6 Å². The standard InChI is InChI=1S/C13H16ClN3O2/c1-6(7-2-3-7)17-11-9(13(16)19)5-4-8(10(11)14)12(15)18/h4-7,17H,2-3H2,1H3,(H2,15,18)(H2,16,19). The summed E-state index contributed by atoms with van der Waals surface area (Å²) in [5.41, 5.74) is 11.4. The lowest BCUT2D eigenvalue weighted by molar-refractivity contribution is 0.0989. The quantitative estimate of drug-likeness (QED) is 0.767. The fourth-order valence-electron chi connectivity index (χ4n) is 2.05. The molecule has 0 bridgehead atoms.